The summed E-state index contributed by atoms with van der Waals surface area (Å²) >= 11 is 1.62. The maximum Gasteiger partial charge on any atom is 0.312 e. The van der Waals surface area contributed by atoms with Gasteiger partial charge in [0.15, 0.2) is 0 Å². The van der Waals surface area contributed by atoms with E-state index in [-0.39, 0.29) is 6.04 Å². The van der Waals surface area contributed by atoms with Gasteiger partial charge in [-0.1, -0.05) is 6.92 Å². The number of amides is 2. The van der Waals surface area contributed by atoms with Gasteiger partial charge >= 0.3 is 11.8 Å². The first kappa shape index (κ1) is 14.4. The molecule has 1 N–H and O–H groups in total. The van der Waals surface area contributed by atoms with Gasteiger partial charge in [0.05, 0.1) is 11.4 Å². The highest BCUT2D eigenvalue weighted by Crippen LogP contribution is 2.29. The fraction of sp³-hybridized carbons (Fsp3) is 0.467. The number of piperazine rings is 2. The molecule has 2 amide bonds. The number of thiophene rings is 1. The lowest BCUT2D eigenvalue weighted by atomic mass is 10.1. The second kappa shape index (κ2) is 5.45. The van der Waals surface area contributed by atoms with E-state index in [1.54, 1.807) is 16.2 Å². The molecule has 2 aliphatic rings. The number of hydrogen-bond acceptors (Lipinski definition) is 6. The van der Waals surface area contributed by atoms with Crippen molar-refractivity contribution < 1.29 is 9.59 Å². The van der Waals surface area contributed by atoms with Crippen LogP contribution in [0.25, 0.3) is 10.2 Å². The predicted octanol–water partition coefficient (Wildman–Crippen LogP) is 0.401. The highest BCUT2D eigenvalue weighted by molar-refractivity contribution is 7.16. The minimum Gasteiger partial charge on any atom is -0.352 e. The summed E-state index contributed by atoms with van der Waals surface area (Å²) in [5.41, 5.74) is 0. The molecule has 2 aromatic heterocycles. The van der Waals surface area contributed by atoms with Crippen LogP contribution in [0.5, 0.6) is 0 Å². The van der Waals surface area contributed by atoms with Crippen LogP contribution in [0.15, 0.2) is 11.4 Å². The molecule has 0 aliphatic carbocycles. The van der Waals surface area contributed by atoms with Crippen molar-refractivity contribution in [1.29, 1.82) is 0 Å². The van der Waals surface area contributed by atoms with Crippen LogP contribution in [0, 0.1) is 0 Å². The van der Waals surface area contributed by atoms with Gasteiger partial charge in [-0.2, -0.15) is 0 Å². The number of nitrogens with zero attached hydrogens (tertiary/aromatic N) is 4. The molecule has 2 aromatic rings. The molecule has 0 saturated carbocycles. The van der Waals surface area contributed by atoms with Crippen LogP contribution < -0.4 is 10.2 Å². The van der Waals surface area contributed by atoms with Crippen LogP contribution in [0.1, 0.15) is 12.7 Å². The number of nitrogens with one attached hydrogen (secondary N) is 1. The Morgan fingerprint density at radius 2 is 2.22 bits per heavy atom. The van der Waals surface area contributed by atoms with Crippen LogP contribution in [-0.2, 0) is 16.0 Å². The van der Waals surface area contributed by atoms with Gasteiger partial charge in [-0.05, 0) is 11.4 Å². The normalized spacial score (nSPS) is 21.5. The fourth-order valence-corrected chi connectivity index (χ4v) is 3.97. The highest BCUT2D eigenvalue weighted by Gasteiger charge is 2.38. The molecule has 0 radical (unpaired) electrons. The minimum absolute atomic E-state index is 0.00248. The summed E-state index contributed by atoms with van der Waals surface area (Å²) in [7, 11) is 0. The maximum absolute atomic E-state index is 11.9. The quantitative estimate of drug-likeness (QED) is 0.806. The third kappa shape index (κ3) is 2.33. The van der Waals surface area contributed by atoms with Crippen molar-refractivity contribution in [3.8, 4) is 0 Å². The Kier molecular flexibility index (Phi) is 3.41. The van der Waals surface area contributed by atoms with Crippen molar-refractivity contribution in [3.63, 3.8) is 0 Å². The summed E-state index contributed by atoms with van der Waals surface area (Å²) in [5, 5.41) is 5.76. The molecule has 23 heavy (non-hydrogen) atoms. The van der Waals surface area contributed by atoms with Crippen molar-refractivity contribution in [2.75, 3.05) is 31.1 Å². The molecule has 120 valence electrons. The molecule has 2 saturated heterocycles. The number of anilines is 1. The SMILES string of the molecule is CCc1nc(N2CCN3C(=O)C(=O)NCC3C2)c2ccsc2n1. The molecule has 0 bridgehead atoms. The zero-order valence-corrected chi connectivity index (χ0v) is 13.6. The number of hydrogen-bond donors (Lipinski definition) is 1. The molecule has 1 atom stereocenters. The van der Waals surface area contributed by atoms with E-state index in [0.29, 0.717) is 26.2 Å². The summed E-state index contributed by atoms with van der Waals surface area (Å²) in [6, 6.07) is 2.05. The molecule has 4 rings (SSSR count). The second-order valence-corrected chi connectivity index (χ2v) is 6.66. The fourth-order valence-electron chi connectivity index (χ4n) is 3.19. The van der Waals surface area contributed by atoms with Gasteiger partial charge in [-0.3, -0.25) is 9.59 Å². The largest absolute Gasteiger partial charge is 0.352 e. The van der Waals surface area contributed by atoms with Gasteiger partial charge in [0, 0.05) is 32.6 Å². The van der Waals surface area contributed by atoms with E-state index >= 15 is 0 Å². The average molecular weight is 331 g/mol. The summed E-state index contributed by atoms with van der Waals surface area (Å²) in [6.45, 7) is 4.46. The van der Waals surface area contributed by atoms with Crippen molar-refractivity contribution in [3.05, 3.63) is 17.3 Å². The number of carbonyl (C=O) groups excluding carboxylic acids is 2. The monoisotopic (exact) mass is 331 g/mol. The van der Waals surface area contributed by atoms with Gasteiger partial charge in [0.25, 0.3) is 0 Å². The number of aromatic nitrogens is 2. The van der Waals surface area contributed by atoms with Gasteiger partial charge in [0.1, 0.15) is 16.5 Å². The third-order valence-electron chi connectivity index (χ3n) is 4.40. The highest BCUT2D eigenvalue weighted by atomic mass is 32.1. The molecule has 2 fully saturated rings. The van der Waals surface area contributed by atoms with Gasteiger partial charge in [0.2, 0.25) is 0 Å². The van der Waals surface area contributed by atoms with Gasteiger partial charge in [-0.25, -0.2) is 9.97 Å². The number of carbonyl (C=O) groups is 2. The summed E-state index contributed by atoms with van der Waals surface area (Å²) in [4.78, 5) is 37.6. The first-order valence-corrected chi connectivity index (χ1v) is 8.63. The van der Waals surface area contributed by atoms with Crippen molar-refractivity contribution in [2.24, 2.45) is 0 Å². The Morgan fingerprint density at radius 1 is 1.35 bits per heavy atom. The molecule has 2 aliphatic heterocycles. The summed E-state index contributed by atoms with van der Waals surface area (Å²) in [6.07, 6.45) is 0.790. The van der Waals surface area contributed by atoms with E-state index in [2.05, 4.69) is 21.3 Å². The van der Waals surface area contributed by atoms with E-state index in [1.807, 2.05) is 12.3 Å². The van der Waals surface area contributed by atoms with Crippen molar-refractivity contribution in [2.45, 2.75) is 19.4 Å². The lowest BCUT2D eigenvalue weighted by Crippen LogP contribution is -2.65. The topological polar surface area (TPSA) is 78.4 Å². The summed E-state index contributed by atoms with van der Waals surface area (Å²) in [5.74, 6) is 0.867. The second-order valence-electron chi connectivity index (χ2n) is 5.76. The van der Waals surface area contributed by atoms with Crippen LogP contribution in [0.2, 0.25) is 0 Å². The van der Waals surface area contributed by atoms with Crippen LogP contribution in [-0.4, -0.2) is 58.9 Å². The van der Waals surface area contributed by atoms with Crippen LogP contribution in [0.3, 0.4) is 0 Å². The van der Waals surface area contributed by atoms with Gasteiger partial charge in [-0.15, -0.1) is 11.3 Å². The lowest BCUT2D eigenvalue weighted by molar-refractivity contribution is -0.150. The van der Waals surface area contributed by atoms with Gasteiger partial charge < -0.3 is 15.1 Å². The van der Waals surface area contributed by atoms with E-state index in [1.165, 1.54) is 0 Å². The Morgan fingerprint density at radius 3 is 3.04 bits per heavy atom. The number of fused-ring (bicyclic) bond motifs is 2. The Balaban J connectivity index is 1.66. The van der Waals surface area contributed by atoms with Crippen LogP contribution >= 0.6 is 11.3 Å². The molecule has 1 unspecified atom stereocenters. The molecular formula is C15H17N5O2S. The van der Waals surface area contributed by atoms with E-state index < -0.39 is 11.8 Å². The zero-order valence-electron chi connectivity index (χ0n) is 12.8. The summed E-state index contributed by atoms with van der Waals surface area (Å²) < 4.78 is 0. The molecule has 0 spiro atoms. The first-order chi connectivity index (χ1) is 11.2. The molecular weight excluding hydrogens is 314 g/mol. The first-order valence-electron chi connectivity index (χ1n) is 7.75. The standard InChI is InChI=1S/C15H17N5O2S/c1-2-11-17-12(10-3-6-23-14(10)18-11)19-4-5-20-9(8-19)7-16-13(21)15(20)22/h3,6,9H,2,4-5,7-8H2,1H3,(H,16,21). The zero-order chi connectivity index (χ0) is 16.0. The third-order valence-corrected chi connectivity index (χ3v) is 5.21. The van der Waals surface area contributed by atoms with Crippen molar-refractivity contribution >= 4 is 39.2 Å². The molecule has 4 heterocycles. The maximum atomic E-state index is 11.9. The molecule has 8 heteroatoms. The predicted molar refractivity (Wildman–Crippen MR) is 87.5 cm³/mol. The number of aryl methyl sites for hydroxylation is 1. The Labute approximate surface area is 137 Å². The molecule has 0 aromatic carbocycles. The number of rotatable bonds is 2. The lowest BCUT2D eigenvalue weighted by Gasteiger charge is -2.43. The Bertz CT molecular complexity index is 789. The minimum atomic E-state index is -0.495. The average Bonchev–Trinajstić information content (AvgIpc) is 3.05. The van der Waals surface area contributed by atoms with E-state index in [0.717, 1.165) is 28.3 Å². The smallest absolute Gasteiger partial charge is 0.312 e. The van der Waals surface area contributed by atoms with E-state index in [9.17, 15) is 9.59 Å². The molecule has 7 nitrogen and oxygen atoms in total. The Hall–Kier alpha value is -2.22. The van der Waals surface area contributed by atoms with E-state index in [4.69, 9.17) is 4.98 Å². The van der Waals surface area contributed by atoms with Crippen molar-refractivity contribution in [1.82, 2.24) is 20.2 Å². The van der Waals surface area contributed by atoms with Crippen LogP contribution in [0.4, 0.5) is 5.82 Å².